The van der Waals surface area contributed by atoms with Crippen molar-refractivity contribution in [3.63, 3.8) is 0 Å². The van der Waals surface area contributed by atoms with E-state index in [2.05, 4.69) is 27.0 Å². The van der Waals surface area contributed by atoms with Gasteiger partial charge in [-0.25, -0.2) is 0 Å². The Morgan fingerprint density at radius 2 is 2.21 bits per heavy atom. The Bertz CT molecular complexity index is 543. The number of nitrogens with one attached hydrogen (secondary N) is 1. The van der Waals surface area contributed by atoms with Crippen LogP contribution in [0.25, 0.3) is 0 Å². The van der Waals surface area contributed by atoms with E-state index in [1.807, 2.05) is 26.8 Å². The van der Waals surface area contributed by atoms with Crippen LogP contribution in [0.4, 0.5) is 5.13 Å². The maximum atomic E-state index is 11.8. The molecule has 0 unspecified atom stereocenters. The molecule has 7 heteroatoms. The summed E-state index contributed by atoms with van der Waals surface area (Å²) >= 11 is 4.78. The molecule has 0 aliphatic heterocycles. The fourth-order valence-electron chi connectivity index (χ4n) is 1.13. The van der Waals surface area contributed by atoms with E-state index in [9.17, 15) is 4.79 Å². The summed E-state index contributed by atoms with van der Waals surface area (Å²) in [6.45, 7) is 5.61. The zero-order valence-electron chi connectivity index (χ0n) is 11.0. The van der Waals surface area contributed by atoms with Crippen LogP contribution in [0.5, 0.6) is 0 Å². The number of aromatic nitrogens is 2. The van der Waals surface area contributed by atoms with Crippen LogP contribution in [0.15, 0.2) is 21.9 Å². The fourth-order valence-corrected chi connectivity index (χ4v) is 3.65. The van der Waals surface area contributed by atoms with Crippen molar-refractivity contribution in [1.29, 1.82) is 0 Å². The minimum Gasteiger partial charge on any atom is -0.300 e. The molecule has 1 amide bonds. The molecule has 102 valence electrons. The number of rotatable bonds is 4. The van der Waals surface area contributed by atoms with Crippen LogP contribution in [0.3, 0.4) is 0 Å². The van der Waals surface area contributed by atoms with Gasteiger partial charge in [0.2, 0.25) is 11.0 Å². The van der Waals surface area contributed by atoms with E-state index in [0.717, 1.165) is 10.1 Å². The average molecular weight is 313 g/mol. The first-order valence-corrected chi connectivity index (χ1v) is 8.43. The summed E-state index contributed by atoms with van der Waals surface area (Å²) in [6, 6.07) is 4.14. The van der Waals surface area contributed by atoms with Crippen LogP contribution in [-0.4, -0.2) is 16.1 Å². The van der Waals surface area contributed by atoms with E-state index in [0.29, 0.717) is 5.13 Å². The molecule has 0 aliphatic rings. The van der Waals surface area contributed by atoms with Crippen molar-refractivity contribution in [2.24, 2.45) is 5.41 Å². The number of hydrogen-bond acceptors (Lipinski definition) is 6. The van der Waals surface area contributed by atoms with Crippen molar-refractivity contribution >= 4 is 45.5 Å². The van der Waals surface area contributed by atoms with Gasteiger partial charge in [-0.3, -0.25) is 4.79 Å². The number of carbonyl (C=O) groups excluding carboxylic acids is 1. The van der Waals surface area contributed by atoms with E-state index in [1.165, 1.54) is 16.2 Å². The van der Waals surface area contributed by atoms with E-state index >= 15 is 0 Å². The molecule has 0 radical (unpaired) electrons. The van der Waals surface area contributed by atoms with E-state index in [1.54, 1.807) is 23.1 Å². The monoisotopic (exact) mass is 313 g/mol. The molecule has 0 saturated carbocycles. The van der Waals surface area contributed by atoms with Gasteiger partial charge in [-0.1, -0.05) is 49.9 Å². The minimum atomic E-state index is -0.421. The van der Waals surface area contributed by atoms with Crippen molar-refractivity contribution in [1.82, 2.24) is 10.2 Å². The van der Waals surface area contributed by atoms with E-state index in [-0.39, 0.29) is 5.91 Å². The van der Waals surface area contributed by atoms with Crippen LogP contribution in [0.2, 0.25) is 0 Å². The summed E-state index contributed by atoms with van der Waals surface area (Å²) in [6.07, 6.45) is 0. The smallest absolute Gasteiger partial charge is 0.231 e. The van der Waals surface area contributed by atoms with Crippen LogP contribution >= 0.6 is 34.4 Å². The summed E-state index contributed by atoms with van der Waals surface area (Å²) in [5, 5.41) is 13.5. The van der Waals surface area contributed by atoms with Gasteiger partial charge in [0.1, 0.15) is 0 Å². The van der Waals surface area contributed by atoms with Crippen LogP contribution in [0, 0.1) is 5.41 Å². The quantitative estimate of drug-likeness (QED) is 0.687. The summed E-state index contributed by atoms with van der Waals surface area (Å²) in [5.74, 6) is 0.845. The second-order valence-electron chi connectivity index (χ2n) is 4.95. The first-order chi connectivity index (χ1) is 8.95. The number of thiophene rings is 1. The first-order valence-electron chi connectivity index (χ1n) is 5.75. The molecule has 19 heavy (non-hydrogen) atoms. The molecule has 4 nitrogen and oxygen atoms in total. The van der Waals surface area contributed by atoms with Crippen molar-refractivity contribution in [3.05, 3.63) is 22.4 Å². The van der Waals surface area contributed by atoms with Crippen molar-refractivity contribution in [2.45, 2.75) is 30.9 Å². The van der Waals surface area contributed by atoms with Crippen LogP contribution in [0.1, 0.15) is 25.6 Å². The van der Waals surface area contributed by atoms with Gasteiger partial charge in [-0.05, 0) is 11.4 Å². The Kier molecular flexibility index (Phi) is 4.59. The highest BCUT2D eigenvalue weighted by molar-refractivity contribution is 8.00. The third-order valence-electron chi connectivity index (χ3n) is 2.23. The molecule has 0 spiro atoms. The molecule has 0 aliphatic carbocycles. The van der Waals surface area contributed by atoms with Gasteiger partial charge in [-0.15, -0.1) is 21.5 Å². The Labute approximate surface area is 124 Å². The zero-order chi connectivity index (χ0) is 13.9. The molecular weight excluding hydrogens is 298 g/mol. The summed E-state index contributed by atoms with van der Waals surface area (Å²) in [4.78, 5) is 13.1. The summed E-state index contributed by atoms with van der Waals surface area (Å²) < 4.78 is 0.873. The van der Waals surface area contributed by atoms with Gasteiger partial charge in [0.15, 0.2) is 4.34 Å². The summed E-state index contributed by atoms with van der Waals surface area (Å²) in [5.41, 5.74) is -0.421. The van der Waals surface area contributed by atoms with Crippen LogP contribution < -0.4 is 5.32 Å². The van der Waals surface area contributed by atoms with Crippen molar-refractivity contribution in [3.8, 4) is 0 Å². The molecular formula is C12H15N3OS3. The molecule has 0 saturated heterocycles. The predicted octanol–water partition coefficient (Wildman–Crippen LogP) is 3.88. The number of anilines is 1. The standard InChI is InChI=1S/C12H15N3OS3/c1-12(2,3)9(16)13-10-14-15-11(19-10)18-7-8-5-4-6-17-8/h4-6H,7H2,1-3H3,(H,13,14,16). The van der Waals surface area contributed by atoms with Gasteiger partial charge in [0, 0.05) is 16.0 Å². The van der Waals surface area contributed by atoms with Gasteiger partial charge >= 0.3 is 0 Å². The Morgan fingerprint density at radius 1 is 1.42 bits per heavy atom. The largest absolute Gasteiger partial charge is 0.300 e. The molecule has 0 bridgehead atoms. The fraction of sp³-hybridized carbons (Fsp3) is 0.417. The Hall–Kier alpha value is -0.920. The highest BCUT2D eigenvalue weighted by Gasteiger charge is 2.22. The highest BCUT2D eigenvalue weighted by atomic mass is 32.2. The SMILES string of the molecule is CC(C)(C)C(=O)Nc1nnc(SCc2cccs2)s1. The predicted molar refractivity (Wildman–Crippen MR) is 81.9 cm³/mol. The second kappa shape index (κ2) is 6.02. The lowest BCUT2D eigenvalue weighted by Crippen LogP contribution is -2.27. The molecule has 2 aromatic heterocycles. The lowest BCUT2D eigenvalue weighted by Gasteiger charge is -2.15. The number of thioether (sulfide) groups is 1. The molecule has 1 N–H and O–H groups in total. The highest BCUT2D eigenvalue weighted by Crippen LogP contribution is 2.30. The topological polar surface area (TPSA) is 54.9 Å². The van der Waals surface area contributed by atoms with Gasteiger partial charge in [0.05, 0.1) is 0 Å². The van der Waals surface area contributed by atoms with Gasteiger partial charge in [0.25, 0.3) is 0 Å². The molecule has 0 fully saturated rings. The first kappa shape index (κ1) is 14.5. The number of carbonyl (C=O) groups is 1. The molecule has 2 heterocycles. The third-order valence-corrected chi connectivity index (χ3v) is 5.31. The van der Waals surface area contributed by atoms with Crippen molar-refractivity contribution in [2.75, 3.05) is 5.32 Å². The number of nitrogens with zero attached hydrogens (tertiary/aromatic N) is 2. The second-order valence-corrected chi connectivity index (χ2v) is 8.18. The molecule has 0 aromatic carbocycles. The van der Waals surface area contributed by atoms with E-state index in [4.69, 9.17) is 0 Å². The lowest BCUT2D eigenvalue weighted by atomic mass is 9.96. The Balaban J connectivity index is 1.90. The Morgan fingerprint density at radius 3 is 2.84 bits per heavy atom. The molecule has 0 atom stereocenters. The lowest BCUT2D eigenvalue weighted by molar-refractivity contribution is -0.123. The van der Waals surface area contributed by atoms with Gasteiger partial charge in [-0.2, -0.15) is 0 Å². The number of hydrogen-bond donors (Lipinski definition) is 1. The zero-order valence-corrected chi connectivity index (χ0v) is 13.4. The summed E-state index contributed by atoms with van der Waals surface area (Å²) in [7, 11) is 0. The molecule has 2 rings (SSSR count). The average Bonchev–Trinajstić information content (AvgIpc) is 2.95. The van der Waals surface area contributed by atoms with Gasteiger partial charge < -0.3 is 5.32 Å². The molecule has 2 aromatic rings. The maximum Gasteiger partial charge on any atom is 0.231 e. The normalized spacial score (nSPS) is 11.5. The van der Waals surface area contributed by atoms with E-state index < -0.39 is 5.41 Å². The van der Waals surface area contributed by atoms with Crippen molar-refractivity contribution < 1.29 is 4.79 Å². The third kappa shape index (κ3) is 4.29. The minimum absolute atomic E-state index is 0.0431. The number of amides is 1. The maximum absolute atomic E-state index is 11.8. The van der Waals surface area contributed by atoms with Crippen LogP contribution in [-0.2, 0) is 10.5 Å².